The zero-order chi connectivity index (χ0) is 14.9. The SMILES string of the molecule is CC1CCC(CN)(C(=O)NC2CCCc3sccc32)CC1. The van der Waals surface area contributed by atoms with Gasteiger partial charge in [-0.3, -0.25) is 4.79 Å². The minimum absolute atomic E-state index is 0.195. The van der Waals surface area contributed by atoms with E-state index in [0.29, 0.717) is 6.54 Å². The molecular formula is C17H26N2OS. The molecule has 1 atom stereocenters. The summed E-state index contributed by atoms with van der Waals surface area (Å²) in [6.07, 6.45) is 7.54. The van der Waals surface area contributed by atoms with Crippen LogP contribution in [0.5, 0.6) is 0 Å². The first-order chi connectivity index (χ1) is 10.1. The van der Waals surface area contributed by atoms with Crippen LogP contribution in [0.2, 0.25) is 0 Å². The Morgan fingerprint density at radius 1 is 1.43 bits per heavy atom. The summed E-state index contributed by atoms with van der Waals surface area (Å²) >= 11 is 1.82. The van der Waals surface area contributed by atoms with E-state index in [4.69, 9.17) is 5.73 Å². The maximum absolute atomic E-state index is 12.9. The van der Waals surface area contributed by atoms with E-state index in [-0.39, 0.29) is 17.4 Å². The molecule has 0 aliphatic heterocycles. The van der Waals surface area contributed by atoms with E-state index in [1.165, 1.54) is 23.3 Å². The van der Waals surface area contributed by atoms with E-state index in [1.54, 1.807) is 0 Å². The maximum Gasteiger partial charge on any atom is 0.227 e. The van der Waals surface area contributed by atoms with Crippen molar-refractivity contribution in [3.63, 3.8) is 0 Å². The first kappa shape index (κ1) is 15.0. The number of hydrogen-bond donors (Lipinski definition) is 2. The molecule has 4 heteroatoms. The molecule has 1 saturated carbocycles. The van der Waals surface area contributed by atoms with E-state index in [0.717, 1.165) is 38.0 Å². The zero-order valence-electron chi connectivity index (χ0n) is 12.9. The number of carbonyl (C=O) groups is 1. The maximum atomic E-state index is 12.9. The van der Waals surface area contributed by atoms with Crippen molar-refractivity contribution in [3.05, 3.63) is 21.9 Å². The summed E-state index contributed by atoms with van der Waals surface area (Å²) in [6, 6.07) is 2.39. The second kappa shape index (κ2) is 6.09. The van der Waals surface area contributed by atoms with E-state index in [1.807, 2.05) is 11.3 Å². The van der Waals surface area contributed by atoms with Crippen LogP contribution in [0.4, 0.5) is 0 Å². The second-order valence-corrected chi connectivity index (χ2v) is 7.89. The molecule has 1 heterocycles. The highest BCUT2D eigenvalue weighted by atomic mass is 32.1. The molecular weight excluding hydrogens is 280 g/mol. The standard InChI is InChI=1S/C17H26N2OS/c1-12-5-8-17(11-18,9-6-12)16(20)19-14-3-2-4-15-13(14)7-10-21-15/h7,10,12,14H,2-6,8-9,11,18H2,1H3,(H,19,20). The van der Waals surface area contributed by atoms with Gasteiger partial charge in [0, 0.05) is 11.4 Å². The molecule has 1 fully saturated rings. The summed E-state index contributed by atoms with van der Waals surface area (Å²) in [5.41, 5.74) is 7.03. The predicted octanol–water partition coefficient (Wildman–Crippen LogP) is 3.40. The fraction of sp³-hybridized carbons (Fsp3) is 0.706. The lowest BCUT2D eigenvalue weighted by molar-refractivity contribution is -0.133. The lowest BCUT2D eigenvalue weighted by Gasteiger charge is -2.38. The Labute approximate surface area is 131 Å². The fourth-order valence-electron chi connectivity index (χ4n) is 3.79. The van der Waals surface area contributed by atoms with Crippen molar-refractivity contribution >= 4 is 17.2 Å². The monoisotopic (exact) mass is 306 g/mol. The third-order valence-electron chi connectivity index (χ3n) is 5.46. The second-order valence-electron chi connectivity index (χ2n) is 6.88. The molecule has 3 N–H and O–H groups in total. The molecule has 0 saturated heterocycles. The van der Waals surface area contributed by atoms with E-state index in [2.05, 4.69) is 23.7 Å². The number of aryl methyl sites for hydroxylation is 1. The number of hydrogen-bond acceptors (Lipinski definition) is 3. The van der Waals surface area contributed by atoms with Crippen LogP contribution in [-0.4, -0.2) is 12.5 Å². The van der Waals surface area contributed by atoms with Crippen LogP contribution in [0.25, 0.3) is 0 Å². The lowest BCUT2D eigenvalue weighted by atomic mass is 9.70. The topological polar surface area (TPSA) is 55.1 Å². The molecule has 0 aromatic carbocycles. The molecule has 1 amide bonds. The Hall–Kier alpha value is -0.870. The first-order valence-electron chi connectivity index (χ1n) is 8.22. The fourth-order valence-corrected chi connectivity index (χ4v) is 4.77. The minimum Gasteiger partial charge on any atom is -0.349 e. The summed E-state index contributed by atoms with van der Waals surface area (Å²) in [5.74, 6) is 0.927. The van der Waals surface area contributed by atoms with Gasteiger partial charge in [0.1, 0.15) is 0 Å². The average Bonchev–Trinajstić information content (AvgIpc) is 2.98. The molecule has 1 aromatic heterocycles. The summed E-state index contributed by atoms with van der Waals surface area (Å²) in [4.78, 5) is 14.3. The van der Waals surface area contributed by atoms with E-state index in [9.17, 15) is 4.79 Å². The number of amides is 1. The average molecular weight is 306 g/mol. The van der Waals surface area contributed by atoms with Gasteiger partial charge >= 0.3 is 0 Å². The molecule has 0 bridgehead atoms. The Bertz CT molecular complexity index is 503. The Morgan fingerprint density at radius 3 is 2.90 bits per heavy atom. The molecule has 2 aliphatic rings. The van der Waals surface area contributed by atoms with Crippen molar-refractivity contribution in [1.29, 1.82) is 0 Å². The van der Waals surface area contributed by atoms with Gasteiger partial charge in [0.15, 0.2) is 0 Å². The molecule has 3 rings (SSSR count). The van der Waals surface area contributed by atoms with Crippen LogP contribution in [-0.2, 0) is 11.2 Å². The largest absolute Gasteiger partial charge is 0.349 e. The normalized spacial score (nSPS) is 32.5. The molecule has 2 aliphatic carbocycles. The van der Waals surface area contributed by atoms with Gasteiger partial charge in [-0.25, -0.2) is 0 Å². The van der Waals surface area contributed by atoms with Crippen molar-refractivity contribution in [2.45, 2.75) is 57.9 Å². The Kier molecular flexibility index (Phi) is 4.36. The highest BCUT2D eigenvalue weighted by Crippen LogP contribution is 2.40. The molecule has 21 heavy (non-hydrogen) atoms. The number of nitrogens with one attached hydrogen (secondary N) is 1. The minimum atomic E-state index is -0.319. The third kappa shape index (κ3) is 2.88. The quantitative estimate of drug-likeness (QED) is 0.899. The molecule has 1 unspecified atom stereocenters. The van der Waals surface area contributed by atoms with Gasteiger partial charge < -0.3 is 11.1 Å². The van der Waals surface area contributed by atoms with Crippen LogP contribution in [0, 0.1) is 11.3 Å². The zero-order valence-corrected chi connectivity index (χ0v) is 13.7. The van der Waals surface area contributed by atoms with Crippen LogP contribution in [0.15, 0.2) is 11.4 Å². The number of carbonyl (C=O) groups excluding carboxylic acids is 1. The summed E-state index contributed by atoms with van der Waals surface area (Å²) in [6.45, 7) is 2.76. The highest BCUT2D eigenvalue weighted by molar-refractivity contribution is 7.10. The van der Waals surface area contributed by atoms with Gasteiger partial charge in [0.05, 0.1) is 11.5 Å². The van der Waals surface area contributed by atoms with E-state index < -0.39 is 0 Å². The summed E-state index contributed by atoms with van der Waals surface area (Å²) in [7, 11) is 0. The number of nitrogens with two attached hydrogens (primary N) is 1. The molecule has 3 nitrogen and oxygen atoms in total. The van der Waals surface area contributed by atoms with Crippen LogP contribution in [0.3, 0.4) is 0 Å². The van der Waals surface area contributed by atoms with Crippen molar-refractivity contribution in [2.75, 3.05) is 6.54 Å². The smallest absolute Gasteiger partial charge is 0.227 e. The predicted molar refractivity (Wildman–Crippen MR) is 87.3 cm³/mol. The van der Waals surface area contributed by atoms with Crippen LogP contribution in [0.1, 0.15) is 61.9 Å². The molecule has 0 spiro atoms. The number of fused-ring (bicyclic) bond motifs is 1. The highest BCUT2D eigenvalue weighted by Gasteiger charge is 2.41. The van der Waals surface area contributed by atoms with Crippen LogP contribution >= 0.6 is 11.3 Å². The number of rotatable bonds is 3. The summed E-state index contributed by atoms with van der Waals surface area (Å²) < 4.78 is 0. The van der Waals surface area contributed by atoms with Gasteiger partial charge in [-0.2, -0.15) is 0 Å². The van der Waals surface area contributed by atoms with Crippen molar-refractivity contribution in [3.8, 4) is 0 Å². The van der Waals surface area contributed by atoms with E-state index >= 15 is 0 Å². The van der Waals surface area contributed by atoms with Gasteiger partial charge in [-0.05, 0) is 67.9 Å². The van der Waals surface area contributed by atoms with Crippen molar-refractivity contribution in [1.82, 2.24) is 5.32 Å². The Balaban J connectivity index is 1.72. The molecule has 0 radical (unpaired) electrons. The van der Waals surface area contributed by atoms with Crippen molar-refractivity contribution < 1.29 is 4.79 Å². The lowest BCUT2D eigenvalue weighted by Crippen LogP contribution is -2.49. The summed E-state index contributed by atoms with van der Waals surface area (Å²) in [5, 5.41) is 5.47. The third-order valence-corrected chi connectivity index (χ3v) is 6.46. The molecule has 1 aromatic rings. The van der Waals surface area contributed by atoms with Gasteiger partial charge in [0.25, 0.3) is 0 Å². The first-order valence-corrected chi connectivity index (χ1v) is 9.10. The molecule has 116 valence electrons. The Morgan fingerprint density at radius 2 is 2.19 bits per heavy atom. The van der Waals surface area contributed by atoms with Crippen molar-refractivity contribution in [2.24, 2.45) is 17.1 Å². The number of thiophene rings is 1. The van der Waals surface area contributed by atoms with Crippen LogP contribution < -0.4 is 11.1 Å². The van der Waals surface area contributed by atoms with Gasteiger partial charge in [-0.1, -0.05) is 6.92 Å². The van der Waals surface area contributed by atoms with Gasteiger partial charge in [-0.15, -0.1) is 11.3 Å². The van der Waals surface area contributed by atoms with Gasteiger partial charge in [0.2, 0.25) is 5.91 Å².